The Hall–Kier alpha value is -1.40. The van der Waals surface area contributed by atoms with Gasteiger partial charge in [-0.05, 0) is 13.3 Å². The smallest absolute Gasteiger partial charge is 0.159 e. The molecule has 0 saturated carbocycles. The van der Waals surface area contributed by atoms with E-state index in [2.05, 4.69) is 15.5 Å². The lowest BCUT2D eigenvalue weighted by molar-refractivity contribution is 0.571. The van der Waals surface area contributed by atoms with E-state index >= 15 is 0 Å². The molecule has 7 heteroatoms. The van der Waals surface area contributed by atoms with Crippen LogP contribution in [0.4, 0.5) is 5.82 Å². The highest BCUT2D eigenvalue weighted by Crippen LogP contribution is 2.31. The molecule has 1 unspecified atom stereocenters. The molecule has 1 saturated heterocycles. The number of sulfone groups is 1. The molecule has 106 valence electrons. The highest BCUT2D eigenvalue weighted by Gasteiger charge is 2.38. The van der Waals surface area contributed by atoms with Crippen LogP contribution in [-0.2, 0) is 9.84 Å². The maximum absolute atomic E-state index is 11.7. The normalized spacial score (nSPS) is 24.9. The zero-order chi connectivity index (χ0) is 14.4. The highest BCUT2D eigenvalue weighted by molar-refractivity contribution is 7.91. The third-order valence-corrected chi connectivity index (χ3v) is 5.75. The van der Waals surface area contributed by atoms with Gasteiger partial charge in [-0.25, -0.2) is 8.42 Å². The van der Waals surface area contributed by atoms with Gasteiger partial charge in [0.2, 0.25) is 0 Å². The van der Waals surface area contributed by atoms with Crippen molar-refractivity contribution >= 4 is 38.0 Å². The molecule has 1 N–H and O–H groups in total. The van der Waals surface area contributed by atoms with E-state index in [4.69, 9.17) is 11.6 Å². The van der Waals surface area contributed by atoms with E-state index in [9.17, 15) is 8.42 Å². The Morgan fingerprint density at radius 3 is 2.60 bits per heavy atom. The molecule has 0 aliphatic carbocycles. The molecule has 1 aliphatic heterocycles. The largest absolute Gasteiger partial charge is 0.362 e. The first kappa shape index (κ1) is 13.6. The molecule has 20 heavy (non-hydrogen) atoms. The van der Waals surface area contributed by atoms with Crippen molar-refractivity contribution in [1.29, 1.82) is 0 Å². The summed E-state index contributed by atoms with van der Waals surface area (Å²) in [4.78, 5) is 0. The van der Waals surface area contributed by atoms with Crippen LogP contribution in [0.1, 0.15) is 13.3 Å². The van der Waals surface area contributed by atoms with Crippen LogP contribution >= 0.6 is 11.6 Å². The summed E-state index contributed by atoms with van der Waals surface area (Å²) < 4.78 is 23.3. The van der Waals surface area contributed by atoms with E-state index in [0.717, 1.165) is 10.8 Å². The van der Waals surface area contributed by atoms with Crippen molar-refractivity contribution in [2.24, 2.45) is 0 Å². The van der Waals surface area contributed by atoms with Gasteiger partial charge in [-0.15, -0.1) is 10.2 Å². The molecule has 1 aromatic carbocycles. The summed E-state index contributed by atoms with van der Waals surface area (Å²) in [7, 11) is -2.97. The first-order valence-corrected chi connectivity index (χ1v) is 8.48. The number of hydrogen-bond donors (Lipinski definition) is 1. The maximum Gasteiger partial charge on any atom is 0.159 e. The Bertz CT molecular complexity index is 778. The van der Waals surface area contributed by atoms with Crippen LogP contribution in [0.25, 0.3) is 10.8 Å². The lowest BCUT2D eigenvalue weighted by Crippen LogP contribution is -2.36. The van der Waals surface area contributed by atoms with Gasteiger partial charge in [0.1, 0.15) is 0 Å². The van der Waals surface area contributed by atoms with Gasteiger partial charge in [-0.3, -0.25) is 0 Å². The minimum atomic E-state index is -2.97. The molecule has 0 radical (unpaired) electrons. The predicted octanol–water partition coefficient (Wildman–Crippen LogP) is 2.27. The van der Waals surface area contributed by atoms with E-state index in [1.54, 1.807) is 0 Å². The number of nitrogens with one attached hydrogen (secondary N) is 1. The minimum absolute atomic E-state index is 0.110. The van der Waals surface area contributed by atoms with Crippen LogP contribution in [0.3, 0.4) is 0 Å². The first-order chi connectivity index (χ1) is 9.39. The molecule has 2 aromatic rings. The summed E-state index contributed by atoms with van der Waals surface area (Å²) >= 11 is 6.03. The third kappa shape index (κ3) is 2.45. The van der Waals surface area contributed by atoms with Crippen LogP contribution in [-0.4, -0.2) is 35.7 Å². The van der Waals surface area contributed by atoms with Gasteiger partial charge in [0.25, 0.3) is 0 Å². The van der Waals surface area contributed by atoms with Crippen LogP contribution in [0.2, 0.25) is 5.15 Å². The Balaban J connectivity index is 2.02. The van der Waals surface area contributed by atoms with Gasteiger partial charge in [0, 0.05) is 10.8 Å². The fraction of sp³-hybridized carbons (Fsp3) is 0.385. The Kier molecular flexibility index (Phi) is 3.10. The molecule has 1 aromatic heterocycles. The summed E-state index contributed by atoms with van der Waals surface area (Å²) in [6.45, 7) is 1.89. The van der Waals surface area contributed by atoms with E-state index in [-0.39, 0.29) is 11.5 Å². The highest BCUT2D eigenvalue weighted by atomic mass is 35.5. The van der Waals surface area contributed by atoms with Crippen LogP contribution in [0.5, 0.6) is 0 Å². The topological polar surface area (TPSA) is 72.0 Å². The molecule has 0 amide bonds. The van der Waals surface area contributed by atoms with E-state index in [1.807, 2.05) is 31.2 Å². The van der Waals surface area contributed by atoms with Gasteiger partial charge >= 0.3 is 0 Å². The summed E-state index contributed by atoms with van der Waals surface area (Å²) in [5.41, 5.74) is -0.510. The zero-order valence-electron chi connectivity index (χ0n) is 10.9. The number of nitrogens with zero attached hydrogens (tertiary/aromatic N) is 2. The lowest BCUT2D eigenvalue weighted by Gasteiger charge is -2.25. The summed E-state index contributed by atoms with van der Waals surface area (Å²) in [6, 6.07) is 7.52. The van der Waals surface area contributed by atoms with Gasteiger partial charge in [-0.2, -0.15) is 0 Å². The van der Waals surface area contributed by atoms with Crippen LogP contribution in [0, 0.1) is 0 Å². The van der Waals surface area contributed by atoms with Gasteiger partial charge in [0.05, 0.1) is 17.0 Å². The molecule has 1 aliphatic rings. The molecule has 0 bridgehead atoms. The van der Waals surface area contributed by atoms with E-state index in [0.29, 0.717) is 17.4 Å². The quantitative estimate of drug-likeness (QED) is 0.921. The van der Waals surface area contributed by atoms with Gasteiger partial charge < -0.3 is 5.32 Å². The second-order valence-electron chi connectivity index (χ2n) is 5.41. The Labute approximate surface area is 122 Å². The number of aromatic nitrogens is 2. The monoisotopic (exact) mass is 311 g/mol. The fourth-order valence-corrected chi connectivity index (χ4v) is 4.85. The number of fused-ring (bicyclic) bond motifs is 1. The molecule has 0 spiro atoms. The Morgan fingerprint density at radius 1 is 1.25 bits per heavy atom. The molecule has 2 heterocycles. The van der Waals surface area contributed by atoms with Gasteiger partial charge in [0.15, 0.2) is 20.8 Å². The second kappa shape index (κ2) is 4.56. The number of benzene rings is 1. The van der Waals surface area contributed by atoms with E-state index in [1.165, 1.54) is 0 Å². The molecule has 1 fully saturated rings. The molecular weight excluding hydrogens is 298 g/mol. The SMILES string of the molecule is CC1(Nc2nnc(Cl)c3ccccc23)CCS(=O)(=O)C1. The maximum atomic E-state index is 11.7. The van der Waals surface area contributed by atoms with Crippen LogP contribution < -0.4 is 5.32 Å². The third-order valence-electron chi connectivity index (χ3n) is 3.57. The van der Waals surface area contributed by atoms with Crippen molar-refractivity contribution in [2.45, 2.75) is 18.9 Å². The average molecular weight is 312 g/mol. The van der Waals surface area contributed by atoms with Crippen molar-refractivity contribution in [3.05, 3.63) is 29.4 Å². The van der Waals surface area contributed by atoms with Crippen molar-refractivity contribution < 1.29 is 8.42 Å². The first-order valence-electron chi connectivity index (χ1n) is 6.28. The predicted molar refractivity (Wildman–Crippen MR) is 79.8 cm³/mol. The molecular formula is C13H14ClN3O2S. The van der Waals surface area contributed by atoms with Crippen molar-refractivity contribution in [1.82, 2.24) is 10.2 Å². The summed E-state index contributed by atoms with van der Waals surface area (Å²) in [6.07, 6.45) is 0.563. The summed E-state index contributed by atoms with van der Waals surface area (Å²) in [5, 5.41) is 13.2. The van der Waals surface area contributed by atoms with Crippen LogP contribution in [0.15, 0.2) is 24.3 Å². The fourth-order valence-electron chi connectivity index (χ4n) is 2.56. The molecule has 1 atom stereocenters. The molecule has 3 rings (SSSR count). The minimum Gasteiger partial charge on any atom is -0.362 e. The second-order valence-corrected chi connectivity index (χ2v) is 7.95. The number of halogens is 1. The average Bonchev–Trinajstić information content (AvgIpc) is 2.68. The summed E-state index contributed by atoms with van der Waals surface area (Å²) in [5.74, 6) is 0.887. The number of hydrogen-bond acceptors (Lipinski definition) is 5. The van der Waals surface area contributed by atoms with E-state index < -0.39 is 15.4 Å². The Morgan fingerprint density at radius 2 is 1.95 bits per heavy atom. The van der Waals surface area contributed by atoms with Crippen molar-refractivity contribution in [3.8, 4) is 0 Å². The number of anilines is 1. The zero-order valence-corrected chi connectivity index (χ0v) is 12.5. The standard InChI is InChI=1S/C13H14ClN3O2S/c1-13(6-7-20(18,19)8-13)15-12-10-5-3-2-4-9(10)11(14)16-17-12/h2-5H,6-8H2,1H3,(H,15,17). The van der Waals surface area contributed by atoms with Crippen molar-refractivity contribution in [2.75, 3.05) is 16.8 Å². The number of rotatable bonds is 2. The van der Waals surface area contributed by atoms with Crippen molar-refractivity contribution in [3.63, 3.8) is 0 Å². The lowest BCUT2D eigenvalue weighted by atomic mass is 10.0. The van der Waals surface area contributed by atoms with Gasteiger partial charge in [-0.1, -0.05) is 35.9 Å². The molecule has 5 nitrogen and oxygen atoms in total.